The lowest BCUT2D eigenvalue weighted by Crippen LogP contribution is -2.50. The minimum Gasteiger partial charge on any atom is -0.485 e. The van der Waals surface area contributed by atoms with E-state index in [-0.39, 0.29) is 6.61 Å². The van der Waals surface area contributed by atoms with Gasteiger partial charge in [-0.15, -0.1) is 5.10 Å². The van der Waals surface area contributed by atoms with Gasteiger partial charge in [0.15, 0.2) is 11.5 Å². The molecule has 1 atom stereocenters. The molecule has 1 aliphatic heterocycles. The number of para-hydroxylation sites is 2. The molecule has 0 saturated heterocycles. The maximum atomic E-state index is 12.3. The van der Waals surface area contributed by atoms with Crippen molar-refractivity contribution in [2.75, 3.05) is 6.61 Å². The first-order chi connectivity index (χ1) is 13.2. The van der Waals surface area contributed by atoms with Crippen molar-refractivity contribution in [1.82, 2.24) is 31.1 Å². The number of rotatable bonds is 3. The molecule has 2 amide bonds. The van der Waals surface area contributed by atoms with Crippen LogP contribution in [0.5, 0.6) is 11.5 Å². The molecule has 0 radical (unpaired) electrons. The van der Waals surface area contributed by atoms with Crippen LogP contribution in [0.4, 0.5) is 0 Å². The van der Waals surface area contributed by atoms with Gasteiger partial charge in [0.25, 0.3) is 11.8 Å². The molecule has 2 heterocycles. The average Bonchev–Trinajstić information content (AvgIpc) is 3.26. The molecule has 0 saturated carbocycles. The fraction of sp³-hybridized carbons (Fsp3) is 0.118. The zero-order chi connectivity index (χ0) is 18.6. The number of benzene rings is 2. The Hall–Kier alpha value is -3.95. The number of carbonyl (C=O) groups is 2. The SMILES string of the molecule is O=C(NNC(=O)C1COc2ccccc2O1)c1cccc(-n2cnnn2)c1. The Labute approximate surface area is 153 Å². The Morgan fingerprint density at radius 1 is 1.07 bits per heavy atom. The fourth-order valence-corrected chi connectivity index (χ4v) is 2.49. The summed E-state index contributed by atoms with van der Waals surface area (Å²) in [6.07, 6.45) is 0.546. The highest BCUT2D eigenvalue weighted by atomic mass is 16.6. The number of tetrazole rings is 1. The van der Waals surface area contributed by atoms with Crippen LogP contribution in [0.2, 0.25) is 0 Å². The van der Waals surface area contributed by atoms with Gasteiger partial charge in [-0.25, -0.2) is 4.68 Å². The molecule has 4 rings (SSSR count). The van der Waals surface area contributed by atoms with E-state index in [2.05, 4.69) is 26.4 Å². The quantitative estimate of drug-likeness (QED) is 0.638. The number of nitrogens with zero attached hydrogens (tertiary/aromatic N) is 4. The van der Waals surface area contributed by atoms with E-state index < -0.39 is 17.9 Å². The second-order valence-corrected chi connectivity index (χ2v) is 5.61. The van der Waals surface area contributed by atoms with Gasteiger partial charge in [0.05, 0.1) is 5.69 Å². The summed E-state index contributed by atoms with van der Waals surface area (Å²) in [5, 5.41) is 10.9. The van der Waals surface area contributed by atoms with E-state index in [0.29, 0.717) is 22.7 Å². The van der Waals surface area contributed by atoms with Crippen LogP contribution in [-0.2, 0) is 4.79 Å². The lowest BCUT2D eigenvalue weighted by molar-refractivity contribution is -0.131. The van der Waals surface area contributed by atoms with Crippen LogP contribution in [0.15, 0.2) is 54.9 Å². The summed E-state index contributed by atoms with van der Waals surface area (Å²) in [4.78, 5) is 24.5. The van der Waals surface area contributed by atoms with Gasteiger partial charge >= 0.3 is 0 Å². The molecule has 136 valence electrons. The Balaban J connectivity index is 1.37. The summed E-state index contributed by atoms with van der Waals surface area (Å²) in [5.74, 6) is 0.0410. The van der Waals surface area contributed by atoms with Gasteiger partial charge in [0, 0.05) is 5.56 Å². The van der Waals surface area contributed by atoms with Crippen LogP contribution < -0.4 is 20.3 Å². The highest BCUT2D eigenvalue weighted by molar-refractivity contribution is 5.96. The molecule has 0 spiro atoms. The van der Waals surface area contributed by atoms with Crippen molar-refractivity contribution in [3.63, 3.8) is 0 Å². The maximum absolute atomic E-state index is 12.3. The summed E-state index contributed by atoms with van der Waals surface area (Å²) >= 11 is 0. The molecule has 1 aliphatic rings. The zero-order valence-corrected chi connectivity index (χ0v) is 13.9. The Morgan fingerprint density at radius 2 is 1.93 bits per heavy atom. The minimum atomic E-state index is -0.868. The van der Waals surface area contributed by atoms with Crippen LogP contribution in [0.3, 0.4) is 0 Å². The third-order valence-corrected chi connectivity index (χ3v) is 3.82. The van der Waals surface area contributed by atoms with Crippen LogP contribution in [-0.4, -0.2) is 44.7 Å². The molecule has 27 heavy (non-hydrogen) atoms. The van der Waals surface area contributed by atoms with Gasteiger partial charge in [-0.05, 0) is 40.8 Å². The van der Waals surface area contributed by atoms with Gasteiger partial charge in [0.1, 0.15) is 12.9 Å². The summed E-state index contributed by atoms with van der Waals surface area (Å²) in [7, 11) is 0. The third kappa shape index (κ3) is 3.54. The molecule has 1 unspecified atom stereocenters. The lowest BCUT2D eigenvalue weighted by Gasteiger charge is -2.25. The molecular weight excluding hydrogens is 352 g/mol. The van der Waals surface area contributed by atoms with Crippen LogP contribution in [0.1, 0.15) is 10.4 Å². The predicted molar refractivity (Wildman–Crippen MR) is 91.1 cm³/mol. The van der Waals surface area contributed by atoms with Crippen LogP contribution in [0, 0.1) is 0 Å². The molecule has 0 aliphatic carbocycles. The van der Waals surface area contributed by atoms with Gasteiger partial charge in [0.2, 0.25) is 6.10 Å². The number of aromatic nitrogens is 4. The molecule has 10 heteroatoms. The fourth-order valence-electron chi connectivity index (χ4n) is 2.49. The van der Waals surface area contributed by atoms with Crippen molar-refractivity contribution in [1.29, 1.82) is 0 Å². The van der Waals surface area contributed by atoms with Gasteiger partial charge in [-0.2, -0.15) is 0 Å². The van der Waals surface area contributed by atoms with Crippen molar-refractivity contribution < 1.29 is 19.1 Å². The predicted octanol–water partition coefficient (Wildman–Crippen LogP) is 0.263. The molecule has 0 fully saturated rings. The Bertz CT molecular complexity index is 975. The van der Waals surface area contributed by atoms with Crippen molar-refractivity contribution in [3.05, 3.63) is 60.4 Å². The zero-order valence-electron chi connectivity index (χ0n) is 13.9. The van der Waals surface area contributed by atoms with Crippen molar-refractivity contribution in [3.8, 4) is 17.2 Å². The molecule has 10 nitrogen and oxygen atoms in total. The second-order valence-electron chi connectivity index (χ2n) is 5.61. The Morgan fingerprint density at radius 3 is 2.74 bits per heavy atom. The van der Waals surface area contributed by atoms with Gasteiger partial charge < -0.3 is 9.47 Å². The van der Waals surface area contributed by atoms with Crippen LogP contribution >= 0.6 is 0 Å². The third-order valence-electron chi connectivity index (χ3n) is 3.82. The van der Waals surface area contributed by atoms with Gasteiger partial charge in [-0.3, -0.25) is 20.4 Å². The summed E-state index contributed by atoms with van der Waals surface area (Å²) in [6, 6.07) is 13.7. The molecular formula is C17H14N6O4. The summed E-state index contributed by atoms with van der Waals surface area (Å²) in [5.41, 5.74) is 5.64. The number of hydrazine groups is 1. The molecule has 1 aromatic heterocycles. The minimum absolute atomic E-state index is 0.0491. The summed E-state index contributed by atoms with van der Waals surface area (Å²) in [6.45, 7) is 0.0491. The van der Waals surface area contributed by atoms with E-state index >= 15 is 0 Å². The first-order valence-electron chi connectivity index (χ1n) is 8.03. The highest BCUT2D eigenvalue weighted by Crippen LogP contribution is 2.30. The molecule has 3 aromatic rings. The van der Waals surface area contributed by atoms with Crippen molar-refractivity contribution in [2.45, 2.75) is 6.10 Å². The largest absolute Gasteiger partial charge is 0.485 e. The van der Waals surface area contributed by atoms with E-state index in [1.165, 1.54) is 11.0 Å². The Kier molecular flexibility index (Phi) is 4.35. The van der Waals surface area contributed by atoms with Crippen molar-refractivity contribution >= 4 is 11.8 Å². The number of ether oxygens (including phenoxy) is 2. The van der Waals surface area contributed by atoms with E-state index in [9.17, 15) is 9.59 Å². The number of hydrogen-bond donors (Lipinski definition) is 2. The monoisotopic (exact) mass is 366 g/mol. The summed E-state index contributed by atoms with van der Waals surface area (Å²) < 4.78 is 12.5. The van der Waals surface area contributed by atoms with E-state index in [0.717, 1.165) is 0 Å². The highest BCUT2D eigenvalue weighted by Gasteiger charge is 2.27. The van der Waals surface area contributed by atoms with Crippen LogP contribution in [0.25, 0.3) is 5.69 Å². The standard InChI is InChI=1S/C17H14N6O4/c24-16(11-4-3-5-12(8-11)23-10-18-21-22-23)19-20-17(25)15-9-26-13-6-1-2-7-14(13)27-15/h1-8,10,15H,9H2,(H,19,24)(H,20,25). The average molecular weight is 366 g/mol. The number of fused-ring (bicyclic) bond motifs is 1. The number of amides is 2. The second kappa shape index (κ2) is 7.12. The first-order valence-corrected chi connectivity index (χ1v) is 8.03. The number of carbonyl (C=O) groups excluding carboxylic acids is 2. The van der Waals surface area contributed by atoms with Crippen molar-refractivity contribution in [2.24, 2.45) is 0 Å². The van der Waals surface area contributed by atoms with E-state index in [1.807, 2.05) is 6.07 Å². The smallest absolute Gasteiger partial charge is 0.283 e. The van der Waals surface area contributed by atoms with E-state index in [1.54, 1.807) is 42.5 Å². The molecule has 0 bridgehead atoms. The first kappa shape index (κ1) is 16.5. The lowest BCUT2D eigenvalue weighted by atomic mass is 10.2. The topological polar surface area (TPSA) is 120 Å². The van der Waals surface area contributed by atoms with Gasteiger partial charge in [-0.1, -0.05) is 18.2 Å². The normalized spacial score (nSPS) is 15.0. The maximum Gasteiger partial charge on any atom is 0.283 e. The number of hydrogen-bond acceptors (Lipinski definition) is 7. The molecule has 2 aromatic carbocycles. The number of nitrogens with one attached hydrogen (secondary N) is 2. The van der Waals surface area contributed by atoms with E-state index in [4.69, 9.17) is 9.47 Å². The molecule has 2 N–H and O–H groups in total.